The Bertz CT molecular complexity index is 715. The fraction of sp³-hybridized carbons (Fsp3) is 0.214. The lowest BCUT2D eigenvalue weighted by Gasteiger charge is -2.05. The molecule has 0 saturated heterocycles. The van der Waals surface area contributed by atoms with Crippen LogP contribution in [0.2, 0.25) is 0 Å². The molecule has 1 aromatic carbocycles. The third kappa shape index (κ3) is 3.64. The fourth-order valence-corrected chi connectivity index (χ4v) is 1.62. The summed E-state index contributed by atoms with van der Waals surface area (Å²) in [6.07, 6.45) is 1.52. The monoisotopic (exact) mass is 288 g/mol. The first-order valence-electron chi connectivity index (χ1n) is 6.12. The molecule has 0 unspecified atom stereocenters. The van der Waals surface area contributed by atoms with Crippen molar-refractivity contribution >= 4 is 5.91 Å². The quantitative estimate of drug-likeness (QED) is 0.792. The van der Waals surface area contributed by atoms with E-state index in [1.807, 2.05) is 0 Å². The molecule has 6 nitrogen and oxygen atoms in total. The van der Waals surface area contributed by atoms with Crippen LogP contribution in [0.1, 0.15) is 21.7 Å². The Balaban J connectivity index is 2.06. The lowest BCUT2D eigenvalue weighted by atomic mass is 10.1. The van der Waals surface area contributed by atoms with Crippen LogP contribution in [0, 0.1) is 17.7 Å². The van der Waals surface area contributed by atoms with E-state index in [-0.39, 0.29) is 24.3 Å². The molecule has 2 rings (SSSR count). The van der Waals surface area contributed by atoms with E-state index in [4.69, 9.17) is 5.11 Å². The van der Waals surface area contributed by atoms with Crippen LogP contribution in [0.5, 0.6) is 0 Å². The Morgan fingerprint density at radius 1 is 1.52 bits per heavy atom. The van der Waals surface area contributed by atoms with Gasteiger partial charge in [-0.05, 0) is 18.2 Å². The molecule has 2 N–H and O–H groups in total. The molecule has 0 fully saturated rings. The van der Waals surface area contributed by atoms with Gasteiger partial charge in [-0.2, -0.15) is 0 Å². The third-order valence-electron chi connectivity index (χ3n) is 2.75. The lowest BCUT2D eigenvalue weighted by molar-refractivity contribution is 0.0949. The number of aromatic nitrogens is 3. The predicted octanol–water partition coefficient (Wildman–Crippen LogP) is 0.228. The SMILES string of the molecule is Cn1cnnc1CNC(=O)c1ccc(C#CCO)c(F)c1. The van der Waals surface area contributed by atoms with Crippen LogP contribution in [-0.4, -0.2) is 32.4 Å². The van der Waals surface area contributed by atoms with Crippen LogP contribution in [-0.2, 0) is 13.6 Å². The molecule has 1 amide bonds. The highest BCUT2D eigenvalue weighted by molar-refractivity contribution is 5.94. The van der Waals surface area contributed by atoms with E-state index in [2.05, 4.69) is 27.4 Å². The summed E-state index contributed by atoms with van der Waals surface area (Å²) in [4.78, 5) is 11.9. The number of carbonyl (C=O) groups is 1. The topological polar surface area (TPSA) is 80.0 Å². The minimum absolute atomic E-state index is 0.133. The summed E-state index contributed by atoms with van der Waals surface area (Å²) in [6.45, 7) is -0.150. The van der Waals surface area contributed by atoms with Gasteiger partial charge >= 0.3 is 0 Å². The minimum Gasteiger partial charge on any atom is -0.384 e. The molecule has 21 heavy (non-hydrogen) atoms. The van der Waals surface area contributed by atoms with Crippen molar-refractivity contribution in [1.29, 1.82) is 0 Å². The molecular weight excluding hydrogens is 275 g/mol. The number of hydrogen-bond acceptors (Lipinski definition) is 4. The molecule has 0 saturated carbocycles. The number of amides is 1. The number of aryl methyl sites for hydroxylation is 1. The molecule has 2 aromatic rings. The van der Waals surface area contributed by atoms with Crippen molar-refractivity contribution in [2.45, 2.75) is 6.54 Å². The Morgan fingerprint density at radius 2 is 2.33 bits per heavy atom. The molecule has 108 valence electrons. The summed E-state index contributed by atoms with van der Waals surface area (Å²) in [5.41, 5.74) is 0.318. The van der Waals surface area contributed by atoms with Gasteiger partial charge in [0, 0.05) is 12.6 Å². The zero-order valence-corrected chi connectivity index (χ0v) is 11.3. The Kier molecular flexibility index (Phi) is 4.64. The first-order valence-corrected chi connectivity index (χ1v) is 6.12. The van der Waals surface area contributed by atoms with Crippen molar-refractivity contribution in [3.8, 4) is 11.8 Å². The Hall–Kier alpha value is -2.72. The highest BCUT2D eigenvalue weighted by Gasteiger charge is 2.10. The number of halogens is 1. The summed E-state index contributed by atoms with van der Waals surface area (Å²) in [6, 6.07) is 3.97. The van der Waals surface area contributed by atoms with Gasteiger partial charge in [-0.15, -0.1) is 10.2 Å². The highest BCUT2D eigenvalue weighted by atomic mass is 19.1. The van der Waals surface area contributed by atoms with Gasteiger partial charge in [0.05, 0.1) is 12.1 Å². The molecule has 1 heterocycles. The fourth-order valence-electron chi connectivity index (χ4n) is 1.62. The van der Waals surface area contributed by atoms with Crippen LogP contribution in [0.25, 0.3) is 0 Å². The smallest absolute Gasteiger partial charge is 0.251 e. The highest BCUT2D eigenvalue weighted by Crippen LogP contribution is 2.09. The molecule has 0 aliphatic heterocycles. The van der Waals surface area contributed by atoms with Gasteiger partial charge in [-0.25, -0.2) is 4.39 Å². The van der Waals surface area contributed by atoms with Crippen molar-refractivity contribution in [3.05, 3.63) is 47.3 Å². The number of carbonyl (C=O) groups excluding carboxylic acids is 1. The standard InChI is InChI=1S/C14H13FN4O2/c1-19-9-17-18-13(19)8-16-14(21)11-5-4-10(3-2-6-20)12(15)7-11/h4-5,7,9,20H,6,8H2,1H3,(H,16,21). The van der Waals surface area contributed by atoms with E-state index in [1.165, 1.54) is 18.5 Å². The number of nitrogens with zero attached hydrogens (tertiary/aromatic N) is 3. The summed E-state index contributed by atoms with van der Waals surface area (Å²) in [5.74, 6) is 4.38. The van der Waals surface area contributed by atoms with Gasteiger partial charge in [-0.1, -0.05) is 11.8 Å². The molecule has 0 bridgehead atoms. The third-order valence-corrected chi connectivity index (χ3v) is 2.75. The second-order valence-corrected chi connectivity index (χ2v) is 4.20. The normalized spacial score (nSPS) is 9.86. The van der Waals surface area contributed by atoms with E-state index in [1.54, 1.807) is 11.6 Å². The predicted molar refractivity (Wildman–Crippen MR) is 72.5 cm³/mol. The van der Waals surface area contributed by atoms with Crippen LogP contribution >= 0.6 is 0 Å². The summed E-state index contributed by atoms with van der Waals surface area (Å²) in [5, 5.41) is 18.7. The second kappa shape index (κ2) is 6.63. The maximum Gasteiger partial charge on any atom is 0.251 e. The van der Waals surface area contributed by atoms with Crippen molar-refractivity contribution in [1.82, 2.24) is 20.1 Å². The molecule has 0 radical (unpaired) electrons. The maximum atomic E-state index is 13.7. The van der Waals surface area contributed by atoms with Gasteiger partial charge in [0.2, 0.25) is 0 Å². The molecule has 0 aliphatic carbocycles. The van der Waals surface area contributed by atoms with Gasteiger partial charge in [0.25, 0.3) is 5.91 Å². The molecule has 0 atom stereocenters. The average molecular weight is 288 g/mol. The van der Waals surface area contributed by atoms with Crippen LogP contribution in [0.4, 0.5) is 4.39 Å². The van der Waals surface area contributed by atoms with E-state index in [9.17, 15) is 9.18 Å². The largest absolute Gasteiger partial charge is 0.384 e. The zero-order chi connectivity index (χ0) is 15.2. The van der Waals surface area contributed by atoms with E-state index in [0.29, 0.717) is 5.82 Å². The minimum atomic E-state index is -0.609. The van der Waals surface area contributed by atoms with E-state index >= 15 is 0 Å². The van der Waals surface area contributed by atoms with Gasteiger partial charge in [0.15, 0.2) is 5.82 Å². The van der Waals surface area contributed by atoms with Crippen molar-refractivity contribution in [2.75, 3.05) is 6.61 Å². The molecule has 1 aromatic heterocycles. The number of benzene rings is 1. The Labute approximate surface area is 120 Å². The summed E-state index contributed by atoms with van der Waals surface area (Å²) in [7, 11) is 1.76. The first-order chi connectivity index (χ1) is 10.1. The molecule has 0 aliphatic rings. The van der Waals surface area contributed by atoms with E-state index in [0.717, 1.165) is 6.07 Å². The van der Waals surface area contributed by atoms with Crippen LogP contribution < -0.4 is 5.32 Å². The van der Waals surface area contributed by atoms with Crippen molar-refractivity contribution in [3.63, 3.8) is 0 Å². The molecule has 0 spiro atoms. The summed E-state index contributed by atoms with van der Waals surface area (Å²) >= 11 is 0. The van der Waals surface area contributed by atoms with Crippen LogP contribution in [0.3, 0.4) is 0 Å². The maximum absolute atomic E-state index is 13.7. The lowest BCUT2D eigenvalue weighted by Crippen LogP contribution is -2.24. The van der Waals surface area contributed by atoms with Gasteiger partial charge in [-0.3, -0.25) is 4.79 Å². The zero-order valence-electron chi connectivity index (χ0n) is 11.3. The van der Waals surface area contributed by atoms with Gasteiger partial charge in [0.1, 0.15) is 18.8 Å². The van der Waals surface area contributed by atoms with Gasteiger partial charge < -0.3 is 15.0 Å². The number of rotatable bonds is 3. The molecule has 7 heteroatoms. The molecular formula is C14H13FN4O2. The Morgan fingerprint density at radius 3 is 2.95 bits per heavy atom. The number of aliphatic hydroxyl groups is 1. The summed E-state index contributed by atoms with van der Waals surface area (Å²) < 4.78 is 15.4. The van der Waals surface area contributed by atoms with Crippen molar-refractivity contribution < 1.29 is 14.3 Å². The number of nitrogens with one attached hydrogen (secondary N) is 1. The second-order valence-electron chi connectivity index (χ2n) is 4.20. The first kappa shape index (κ1) is 14.7. The number of hydrogen-bond donors (Lipinski definition) is 2. The van der Waals surface area contributed by atoms with Crippen molar-refractivity contribution in [2.24, 2.45) is 7.05 Å². The average Bonchev–Trinajstić information content (AvgIpc) is 2.88. The van der Waals surface area contributed by atoms with E-state index < -0.39 is 11.7 Å². The van der Waals surface area contributed by atoms with Crippen LogP contribution in [0.15, 0.2) is 24.5 Å². The number of aliphatic hydroxyl groups excluding tert-OH is 1.